The minimum atomic E-state index is -0.864. The molecule has 1 unspecified atom stereocenters. The van der Waals surface area contributed by atoms with E-state index in [1.807, 2.05) is 50.3 Å². The number of hydrogen-bond donors (Lipinski definition) is 3. The zero-order valence-corrected chi connectivity index (χ0v) is 28.4. The number of aromatic nitrogens is 4. The number of nitrogens with zero attached hydrogens (tertiary/aromatic N) is 2. The molecule has 1 aliphatic heterocycles. The molecule has 6 bridgehead atoms. The second-order valence-electron chi connectivity index (χ2n) is 12.0. The fraction of sp³-hybridized carbons (Fsp3) is 0.333. The summed E-state index contributed by atoms with van der Waals surface area (Å²) in [4.78, 5) is 41.8. The topological polar surface area (TPSA) is 121 Å². The highest BCUT2D eigenvalue weighted by atomic mass is 16.5. The van der Waals surface area contributed by atoms with Gasteiger partial charge in [0.05, 0.1) is 18.5 Å². The number of nitrogens with one attached hydrogen (secondary N) is 2. The summed E-state index contributed by atoms with van der Waals surface area (Å²) in [7, 11) is 1.39. The summed E-state index contributed by atoms with van der Waals surface area (Å²) in [5, 5.41) is 9.59. The van der Waals surface area contributed by atoms with Gasteiger partial charge in [-0.2, -0.15) is 0 Å². The smallest absolute Gasteiger partial charge is 0.333 e. The molecule has 3 aromatic rings. The summed E-state index contributed by atoms with van der Waals surface area (Å²) in [6, 6.07) is 8.06. The molecule has 0 aromatic carbocycles. The monoisotopic (exact) mass is 634 g/mol. The number of esters is 1. The summed E-state index contributed by atoms with van der Waals surface area (Å²) < 4.78 is 5.09. The van der Waals surface area contributed by atoms with Crippen LogP contribution in [0.1, 0.15) is 97.4 Å². The first-order valence-corrected chi connectivity index (χ1v) is 16.2. The number of H-pyrrole nitrogens is 2. The lowest BCUT2D eigenvalue weighted by molar-refractivity contribution is -0.137. The highest BCUT2D eigenvalue weighted by Gasteiger charge is 2.18. The molecular weight excluding hydrogens is 588 g/mol. The van der Waals surface area contributed by atoms with Crippen molar-refractivity contribution in [3.63, 3.8) is 0 Å². The Kier molecular flexibility index (Phi) is 11.5. The van der Waals surface area contributed by atoms with Crippen LogP contribution in [0.4, 0.5) is 0 Å². The number of hydrogen-bond acceptors (Lipinski definition) is 5. The maximum atomic E-state index is 12.7. The summed E-state index contributed by atoms with van der Waals surface area (Å²) in [5.41, 5.74) is 11.8. The largest absolute Gasteiger partial charge is 0.481 e. The predicted octanol–water partition coefficient (Wildman–Crippen LogP) is 8.96. The maximum Gasteiger partial charge on any atom is 0.333 e. The quantitative estimate of drug-likeness (QED) is 0.202. The Bertz CT molecular complexity index is 1920. The van der Waals surface area contributed by atoms with Gasteiger partial charge in [-0.25, -0.2) is 4.79 Å². The normalized spacial score (nSPS) is 15.7. The first-order chi connectivity index (χ1) is 22.5. The number of fused-ring (bicyclic) bond motifs is 6. The summed E-state index contributed by atoms with van der Waals surface area (Å²) in [6.45, 7) is 18.7. The molecule has 8 heteroatoms. The molecular formula is C39H46N4O4. The molecule has 3 N–H and O–H groups in total. The van der Waals surface area contributed by atoms with E-state index in [0.717, 1.165) is 79.8 Å². The van der Waals surface area contributed by atoms with Gasteiger partial charge >= 0.3 is 11.9 Å². The molecule has 1 aliphatic rings. The number of methoxy groups -OCH3 is 1. The lowest BCUT2D eigenvalue weighted by Crippen LogP contribution is -2.08. The number of allylic oxidation sites excluding steroid dienone is 3. The van der Waals surface area contributed by atoms with E-state index in [0.29, 0.717) is 30.5 Å². The minimum absolute atomic E-state index is 0.0115. The lowest BCUT2D eigenvalue weighted by atomic mass is 9.97. The Balaban J connectivity index is 2.25. The molecule has 47 heavy (non-hydrogen) atoms. The number of aliphatic carboxylic acids is 1. The number of carboxylic acids is 1. The van der Waals surface area contributed by atoms with E-state index in [-0.39, 0.29) is 18.3 Å². The third kappa shape index (κ3) is 8.25. The van der Waals surface area contributed by atoms with E-state index in [1.165, 1.54) is 7.11 Å². The zero-order chi connectivity index (χ0) is 34.2. The summed E-state index contributed by atoms with van der Waals surface area (Å²) in [5.74, 6) is -1.40. The minimum Gasteiger partial charge on any atom is -0.481 e. The van der Waals surface area contributed by atoms with Crippen LogP contribution in [0.5, 0.6) is 0 Å². The molecule has 4 heterocycles. The average molecular weight is 635 g/mol. The molecule has 4 rings (SSSR count). The number of ether oxygens (including phenoxy) is 1. The molecule has 8 nitrogen and oxygen atoms in total. The Morgan fingerprint density at radius 2 is 1.74 bits per heavy atom. The molecule has 0 amide bonds. The van der Waals surface area contributed by atoms with Crippen LogP contribution in [0.2, 0.25) is 0 Å². The molecule has 0 radical (unpaired) electrons. The fourth-order valence-corrected chi connectivity index (χ4v) is 5.88. The number of aromatic amines is 2. The van der Waals surface area contributed by atoms with Crippen LogP contribution in [-0.4, -0.2) is 44.1 Å². The van der Waals surface area contributed by atoms with Gasteiger partial charge in [-0.3, -0.25) is 14.8 Å². The SMILES string of the molecule is C=Cc1c(C)c2cc3nc(cc4[nH]c(cc(C(=C)CCC)nc(CC)cc1[nH]2)c(CCC(=O)O)c4C)C(C)C/C(C(=O)OC)=C\C=C\3. The van der Waals surface area contributed by atoms with Crippen molar-refractivity contribution in [3.05, 3.63) is 100 Å². The average Bonchev–Trinajstić information content (AvgIpc) is 3.51. The summed E-state index contributed by atoms with van der Waals surface area (Å²) >= 11 is 0. The van der Waals surface area contributed by atoms with E-state index in [1.54, 1.807) is 6.08 Å². The molecule has 0 saturated carbocycles. The van der Waals surface area contributed by atoms with Gasteiger partial charge in [0.15, 0.2) is 0 Å². The van der Waals surface area contributed by atoms with Crippen molar-refractivity contribution in [1.82, 2.24) is 19.9 Å². The Morgan fingerprint density at radius 3 is 2.40 bits per heavy atom. The highest BCUT2D eigenvalue weighted by Crippen LogP contribution is 2.29. The van der Waals surface area contributed by atoms with Gasteiger partial charge in [0.2, 0.25) is 0 Å². The van der Waals surface area contributed by atoms with Crippen molar-refractivity contribution in [3.8, 4) is 0 Å². The van der Waals surface area contributed by atoms with E-state index < -0.39 is 5.97 Å². The third-order valence-electron chi connectivity index (χ3n) is 8.63. The van der Waals surface area contributed by atoms with Crippen LogP contribution in [0, 0.1) is 13.8 Å². The second-order valence-corrected chi connectivity index (χ2v) is 12.0. The van der Waals surface area contributed by atoms with E-state index in [4.69, 9.17) is 14.7 Å². The lowest BCUT2D eigenvalue weighted by Gasteiger charge is -2.11. The molecule has 0 spiro atoms. The number of carbonyl (C=O) groups is 2. The number of aryl methyl sites for hydroxylation is 4. The van der Waals surface area contributed by atoms with Gasteiger partial charge in [0.25, 0.3) is 0 Å². The van der Waals surface area contributed by atoms with Gasteiger partial charge < -0.3 is 19.8 Å². The Labute approximate surface area is 277 Å². The van der Waals surface area contributed by atoms with Crippen LogP contribution >= 0.6 is 0 Å². The van der Waals surface area contributed by atoms with Crippen molar-refractivity contribution in [2.24, 2.45) is 0 Å². The van der Waals surface area contributed by atoms with E-state index in [2.05, 4.69) is 50.0 Å². The van der Waals surface area contributed by atoms with Crippen molar-refractivity contribution in [1.29, 1.82) is 0 Å². The van der Waals surface area contributed by atoms with Crippen LogP contribution < -0.4 is 0 Å². The highest BCUT2D eigenvalue weighted by molar-refractivity contribution is 5.89. The van der Waals surface area contributed by atoms with Crippen molar-refractivity contribution >= 4 is 51.7 Å². The van der Waals surface area contributed by atoms with Gasteiger partial charge in [-0.1, -0.05) is 58.6 Å². The number of rotatable bonds is 9. The predicted molar refractivity (Wildman–Crippen MR) is 192 cm³/mol. The molecule has 1 atom stereocenters. The third-order valence-corrected chi connectivity index (χ3v) is 8.63. The van der Waals surface area contributed by atoms with E-state index >= 15 is 0 Å². The molecule has 0 fully saturated rings. The van der Waals surface area contributed by atoms with Crippen LogP contribution in [0.3, 0.4) is 0 Å². The van der Waals surface area contributed by atoms with E-state index in [9.17, 15) is 14.7 Å². The molecule has 246 valence electrons. The second kappa shape index (κ2) is 15.5. The standard InChI is InChI=1S/C39H46N4O4/c1-9-13-23(4)32-22-37-31(16-17-38(44)45)26(7)35(43-37)21-33-24(5)18-27(39(46)47-8)14-12-15-29(41-33)20-34-25(6)30(11-3)36(42-34)19-28(10-2)40-32/h11-12,14-15,19-22,24,42-43H,3-4,9-10,13,16-18H2,1-2,5-8H3,(H,44,45)/b15-12+,27-14+,28-19?,29-20?,32-22?,33-21?,34-20?,35-21?,36-19?,37-22?,40-28?,40-32?,41-29?,41-33?. The molecule has 0 aliphatic carbocycles. The zero-order valence-electron chi connectivity index (χ0n) is 28.4. The van der Waals surface area contributed by atoms with Crippen molar-refractivity contribution in [2.45, 2.75) is 79.1 Å². The van der Waals surface area contributed by atoms with Crippen LogP contribution in [0.25, 0.3) is 39.8 Å². The Morgan fingerprint density at radius 1 is 1.02 bits per heavy atom. The van der Waals surface area contributed by atoms with Gasteiger partial charge in [-0.15, -0.1) is 0 Å². The van der Waals surface area contributed by atoms with Gasteiger partial charge in [0, 0.05) is 56.9 Å². The molecule has 3 aromatic heterocycles. The Hall–Kier alpha value is -4.98. The van der Waals surface area contributed by atoms with Crippen molar-refractivity contribution < 1.29 is 19.4 Å². The number of carboxylic acid groups (broad SMARTS) is 1. The maximum absolute atomic E-state index is 12.7. The first-order valence-electron chi connectivity index (χ1n) is 16.2. The fourth-order valence-electron chi connectivity index (χ4n) is 5.88. The van der Waals surface area contributed by atoms with Crippen LogP contribution in [0.15, 0.2) is 55.1 Å². The molecule has 0 saturated heterocycles. The first kappa shape index (κ1) is 34.9. The van der Waals surface area contributed by atoms with Crippen LogP contribution in [-0.2, 0) is 27.2 Å². The van der Waals surface area contributed by atoms with Gasteiger partial charge in [0.1, 0.15) is 0 Å². The van der Waals surface area contributed by atoms with Gasteiger partial charge in [-0.05, 0) is 92.1 Å². The summed E-state index contributed by atoms with van der Waals surface area (Å²) in [6.07, 6.45) is 10.5. The van der Waals surface area contributed by atoms with Crippen molar-refractivity contribution in [2.75, 3.05) is 7.11 Å². The number of carbonyl (C=O) groups excluding carboxylic acids is 1.